The van der Waals surface area contributed by atoms with Gasteiger partial charge in [0, 0.05) is 22.9 Å². The summed E-state index contributed by atoms with van der Waals surface area (Å²) in [5.41, 5.74) is 0.931. The topological polar surface area (TPSA) is 94.9 Å². The van der Waals surface area contributed by atoms with Gasteiger partial charge in [0.25, 0.3) is 5.91 Å². The van der Waals surface area contributed by atoms with E-state index in [1.54, 1.807) is 24.5 Å². The monoisotopic (exact) mass is 431 g/mol. The molecule has 0 atom stereocenters. The van der Waals surface area contributed by atoms with Gasteiger partial charge in [0.05, 0.1) is 5.57 Å². The standard InChI is InChI=1S/C21H13N5O2S2/c22-18-16(11-14-8-9-17(28-14)29-15-6-2-1-3-7-15)19(27)24-21-26(18)25-20(30-21)13-5-4-10-23-12-13/h1-12,22H/b16-11-,22-18?. The van der Waals surface area contributed by atoms with Gasteiger partial charge in [-0.3, -0.25) is 15.2 Å². The number of hydrogen-bond acceptors (Lipinski definition) is 7. The molecule has 7 nitrogen and oxygen atoms in total. The molecule has 0 unspecified atom stereocenters. The molecule has 30 heavy (non-hydrogen) atoms. The number of amides is 1. The predicted molar refractivity (Wildman–Crippen MR) is 118 cm³/mol. The highest BCUT2D eigenvalue weighted by Gasteiger charge is 2.36. The molecule has 5 rings (SSSR count). The number of aliphatic imine (C=N–C) groups is 1. The summed E-state index contributed by atoms with van der Waals surface area (Å²) in [5.74, 6) is -0.0522. The Labute approximate surface area is 180 Å². The highest BCUT2D eigenvalue weighted by Crippen LogP contribution is 2.32. The van der Waals surface area contributed by atoms with Crippen molar-refractivity contribution in [2.75, 3.05) is 0 Å². The lowest BCUT2D eigenvalue weighted by atomic mass is 10.1. The van der Waals surface area contributed by atoms with Crippen molar-refractivity contribution in [3.8, 4) is 0 Å². The number of nitrogens with one attached hydrogen (secondary N) is 1. The summed E-state index contributed by atoms with van der Waals surface area (Å²) in [5, 5.41) is 16.0. The summed E-state index contributed by atoms with van der Waals surface area (Å²) < 4.78 is 5.81. The molecule has 1 N–H and O–H groups in total. The van der Waals surface area contributed by atoms with Gasteiger partial charge in [-0.25, -0.2) is 0 Å². The Balaban J connectivity index is 1.40. The van der Waals surface area contributed by atoms with Crippen molar-refractivity contribution in [3.05, 3.63) is 83.9 Å². The molecule has 0 fully saturated rings. The molecular weight excluding hydrogens is 418 g/mol. The Morgan fingerprint density at radius 2 is 1.97 bits per heavy atom. The summed E-state index contributed by atoms with van der Waals surface area (Å²) in [6.07, 6.45) is 4.89. The molecule has 2 aliphatic heterocycles. The van der Waals surface area contributed by atoms with Crippen LogP contribution >= 0.6 is 23.5 Å². The van der Waals surface area contributed by atoms with E-state index in [0.29, 0.717) is 21.1 Å². The molecule has 0 bridgehead atoms. The number of hydrogen-bond donors (Lipinski definition) is 1. The minimum absolute atomic E-state index is 0.0370. The van der Waals surface area contributed by atoms with Crippen molar-refractivity contribution in [2.45, 2.75) is 9.99 Å². The first-order valence-electron chi connectivity index (χ1n) is 8.91. The lowest BCUT2D eigenvalue weighted by Crippen LogP contribution is -2.35. The molecule has 9 heteroatoms. The van der Waals surface area contributed by atoms with E-state index in [9.17, 15) is 4.79 Å². The first kappa shape index (κ1) is 18.6. The zero-order valence-corrected chi connectivity index (χ0v) is 17.0. The molecule has 3 aromatic rings. The second kappa shape index (κ2) is 7.77. The van der Waals surface area contributed by atoms with Crippen LogP contribution in [0.4, 0.5) is 0 Å². The van der Waals surface area contributed by atoms with Crippen LogP contribution in [0.15, 0.2) is 97.1 Å². The quantitative estimate of drug-likeness (QED) is 0.612. The van der Waals surface area contributed by atoms with Crippen LogP contribution in [0.1, 0.15) is 11.3 Å². The number of furan rings is 1. The Morgan fingerprint density at radius 3 is 2.77 bits per heavy atom. The number of benzene rings is 1. The van der Waals surface area contributed by atoms with Gasteiger partial charge in [0.2, 0.25) is 5.17 Å². The lowest BCUT2D eigenvalue weighted by molar-refractivity contribution is -0.114. The number of fused-ring (bicyclic) bond motifs is 1. The van der Waals surface area contributed by atoms with E-state index in [-0.39, 0.29) is 11.4 Å². The molecule has 1 aromatic carbocycles. The second-order valence-electron chi connectivity index (χ2n) is 6.24. The third kappa shape index (κ3) is 3.60. The molecule has 1 amide bonds. The van der Waals surface area contributed by atoms with Crippen molar-refractivity contribution in [3.63, 3.8) is 0 Å². The third-order valence-corrected chi connectivity index (χ3v) is 6.10. The highest BCUT2D eigenvalue weighted by atomic mass is 32.2. The highest BCUT2D eigenvalue weighted by molar-refractivity contribution is 8.27. The van der Waals surface area contributed by atoms with Gasteiger partial charge in [0.15, 0.2) is 10.9 Å². The maximum absolute atomic E-state index is 12.5. The fourth-order valence-corrected chi connectivity index (χ4v) is 4.49. The summed E-state index contributed by atoms with van der Waals surface area (Å²) in [7, 11) is 0. The SMILES string of the molecule is N=C1/C(=C/c2ccc(Sc3ccccc3)o2)C(=O)N=C2SC(c3cccnc3)=NN12. The van der Waals surface area contributed by atoms with Crippen molar-refractivity contribution < 1.29 is 9.21 Å². The van der Waals surface area contributed by atoms with Gasteiger partial charge in [-0.1, -0.05) is 30.0 Å². The molecule has 2 aliphatic rings. The van der Waals surface area contributed by atoms with E-state index in [0.717, 1.165) is 10.5 Å². The number of hydrazone groups is 1. The van der Waals surface area contributed by atoms with Crippen LogP contribution in [0, 0.1) is 5.41 Å². The normalized spacial score (nSPS) is 17.2. The van der Waals surface area contributed by atoms with Gasteiger partial charge in [-0.05, 0) is 54.2 Å². The smallest absolute Gasteiger partial charge is 0.283 e. The molecule has 0 spiro atoms. The number of rotatable bonds is 4. The van der Waals surface area contributed by atoms with Crippen LogP contribution in [0.3, 0.4) is 0 Å². The Kier molecular flexibility index (Phi) is 4.82. The lowest BCUT2D eigenvalue weighted by Gasteiger charge is -2.19. The summed E-state index contributed by atoms with van der Waals surface area (Å²) in [6, 6.07) is 17.1. The van der Waals surface area contributed by atoms with Crippen molar-refractivity contribution in [1.82, 2.24) is 9.99 Å². The number of aromatic nitrogens is 1. The molecule has 4 heterocycles. The molecule has 0 radical (unpaired) electrons. The van der Waals surface area contributed by atoms with E-state index >= 15 is 0 Å². The molecule has 0 saturated heterocycles. The number of amidine groups is 2. The minimum Gasteiger partial charge on any atom is -0.450 e. The van der Waals surface area contributed by atoms with Gasteiger partial charge in [-0.2, -0.15) is 15.1 Å². The largest absolute Gasteiger partial charge is 0.450 e. The van der Waals surface area contributed by atoms with E-state index in [1.807, 2.05) is 42.5 Å². The maximum atomic E-state index is 12.5. The van der Waals surface area contributed by atoms with Gasteiger partial charge in [-0.15, -0.1) is 0 Å². The first-order chi connectivity index (χ1) is 14.7. The maximum Gasteiger partial charge on any atom is 0.283 e. The Morgan fingerprint density at radius 1 is 1.10 bits per heavy atom. The number of thioether (sulfide) groups is 1. The van der Waals surface area contributed by atoms with Gasteiger partial charge in [0.1, 0.15) is 10.8 Å². The number of pyridine rings is 1. The molecule has 2 aromatic heterocycles. The van der Waals surface area contributed by atoms with Crippen LogP contribution in [0.25, 0.3) is 6.08 Å². The predicted octanol–water partition coefficient (Wildman–Crippen LogP) is 4.49. The minimum atomic E-state index is -0.491. The van der Waals surface area contributed by atoms with Gasteiger partial charge < -0.3 is 4.42 Å². The van der Waals surface area contributed by atoms with Crippen LogP contribution in [-0.4, -0.2) is 31.9 Å². The number of carbonyl (C=O) groups is 1. The summed E-state index contributed by atoms with van der Waals surface area (Å²) in [4.78, 5) is 21.8. The fourth-order valence-electron chi connectivity index (χ4n) is 2.81. The number of carbonyl (C=O) groups excluding carboxylic acids is 1. The van der Waals surface area contributed by atoms with Crippen LogP contribution < -0.4 is 0 Å². The average molecular weight is 432 g/mol. The number of nitrogens with zero attached hydrogens (tertiary/aromatic N) is 4. The van der Waals surface area contributed by atoms with E-state index in [4.69, 9.17) is 9.83 Å². The van der Waals surface area contributed by atoms with Crippen LogP contribution in [0.2, 0.25) is 0 Å². The van der Waals surface area contributed by atoms with E-state index in [2.05, 4.69) is 15.1 Å². The second-order valence-corrected chi connectivity index (χ2v) is 8.27. The van der Waals surface area contributed by atoms with E-state index in [1.165, 1.54) is 34.6 Å². The van der Waals surface area contributed by atoms with E-state index < -0.39 is 5.91 Å². The zero-order valence-electron chi connectivity index (χ0n) is 15.4. The van der Waals surface area contributed by atoms with Gasteiger partial charge >= 0.3 is 0 Å². The van der Waals surface area contributed by atoms with Crippen LogP contribution in [0.5, 0.6) is 0 Å². The Hall–Kier alpha value is -3.43. The zero-order chi connectivity index (χ0) is 20.5. The van der Waals surface area contributed by atoms with Crippen molar-refractivity contribution >= 4 is 51.6 Å². The summed E-state index contributed by atoms with van der Waals surface area (Å²) >= 11 is 2.72. The molecule has 146 valence electrons. The fraction of sp³-hybridized carbons (Fsp3) is 0. The third-order valence-electron chi connectivity index (χ3n) is 4.21. The molecule has 0 aliphatic carbocycles. The molecular formula is C21H13N5O2S2. The summed E-state index contributed by atoms with van der Waals surface area (Å²) in [6.45, 7) is 0. The van der Waals surface area contributed by atoms with Crippen molar-refractivity contribution in [1.29, 1.82) is 5.41 Å². The van der Waals surface area contributed by atoms with Crippen molar-refractivity contribution in [2.24, 2.45) is 10.1 Å². The van der Waals surface area contributed by atoms with Crippen LogP contribution in [-0.2, 0) is 4.79 Å². The Bertz CT molecular complexity index is 1230. The first-order valence-corrected chi connectivity index (χ1v) is 10.5. The average Bonchev–Trinajstić information content (AvgIpc) is 3.39. The molecule has 0 saturated carbocycles.